The van der Waals surface area contributed by atoms with Crippen LogP contribution in [-0.2, 0) is 40.5 Å². The molecule has 3 aliphatic rings. The van der Waals surface area contributed by atoms with Crippen LogP contribution in [-0.4, -0.2) is 18.6 Å². The van der Waals surface area contributed by atoms with Gasteiger partial charge in [-0.05, 0) is 44.9 Å². The molecule has 0 aromatic heterocycles. The van der Waals surface area contributed by atoms with Gasteiger partial charge in [0.05, 0.1) is 6.42 Å². The Labute approximate surface area is 215 Å². The van der Waals surface area contributed by atoms with Crippen LogP contribution < -0.4 is 9.80 Å². The molecule has 1 aliphatic carbocycles. The second-order valence-corrected chi connectivity index (χ2v) is 11.5. The minimum absolute atomic E-state index is 0. The normalized spacial score (nSPS) is 18.2. The zero-order chi connectivity index (χ0) is 23.4. The van der Waals surface area contributed by atoms with E-state index in [0.717, 1.165) is 0 Å². The van der Waals surface area contributed by atoms with Crippen LogP contribution in [0.25, 0.3) is 0 Å². The van der Waals surface area contributed by atoms with E-state index in [-0.39, 0.29) is 48.9 Å². The number of Topliss-reactive ketones (excluding diaryl/α,β-unsaturated/α-hetero) is 2. The van der Waals surface area contributed by atoms with Crippen molar-refractivity contribution < 1.29 is 29.7 Å². The van der Waals surface area contributed by atoms with Crippen molar-refractivity contribution in [2.45, 2.75) is 81.4 Å². The van der Waals surface area contributed by atoms with Crippen LogP contribution in [0.1, 0.15) is 71.9 Å². The summed E-state index contributed by atoms with van der Waals surface area (Å²) < 4.78 is 0. The third-order valence-electron chi connectivity index (χ3n) is 6.65. The minimum atomic E-state index is -0.0625. The van der Waals surface area contributed by atoms with Gasteiger partial charge in [0.1, 0.15) is 11.6 Å². The second kappa shape index (κ2) is 9.20. The standard InChI is InChI=1S/C22H24N2S.C5H8O2.Ir/c1-21(2)9-10-22(3,4)15-12-19-17(11-14(15)21)24-13-23(5)16-7-6-8-18(25-19)20(16)24;1-4(6)3-5(2)7;/h6-8,12-13H,9-10H2,1-5H3;3H2,1-2H3;/q-2;;. The van der Waals surface area contributed by atoms with Crippen LogP contribution in [0, 0.1) is 12.7 Å². The molecular weight excluding hydrogens is 609 g/mol. The Hall–Kier alpha value is -1.62. The van der Waals surface area contributed by atoms with E-state index in [1.165, 1.54) is 64.7 Å². The van der Waals surface area contributed by atoms with Crippen LogP contribution in [0.2, 0.25) is 0 Å². The maximum absolute atomic E-state index is 10.0. The minimum Gasteiger partial charge on any atom is -0.504 e. The molecule has 6 heteroatoms. The molecule has 1 radical (unpaired) electrons. The van der Waals surface area contributed by atoms with E-state index < -0.39 is 0 Å². The third-order valence-corrected chi connectivity index (χ3v) is 7.73. The van der Waals surface area contributed by atoms with Crippen molar-refractivity contribution in [3.05, 3.63) is 48.1 Å². The monoisotopic (exact) mass is 641 g/mol. The molecule has 2 heterocycles. The first kappa shape index (κ1) is 26.0. The molecular formula is C27H32IrN2O2S-2. The number of carbonyl (C=O) groups excluding carboxylic acids is 2. The molecule has 0 saturated heterocycles. The quantitative estimate of drug-likeness (QED) is 0.275. The van der Waals surface area contributed by atoms with Crippen LogP contribution in [0.4, 0.5) is 17.1 Å². The largest absolute Gasteiger partial charge is 0.504 e. The van der Waals surface area contributed by atoms with Gasteiger partial charge in [-0.1, -0.05) is 56.2 Å². The van der Waals surface area contributed by atoms with E-state index in [2.05, 4.69) is 81.5 Å². The van der Waals surface area contributed by atoms with Crippen LogP contribution in [0.3, 0.4) is 0 Å². The van der Waals surface area contributed by atoms with Crippen molar-refractivity contribution in [2.75, 3.05) is 16.8 Å². The fourth-order valence-corrected chi connectivity index (χ4v) is 5.89. The zero-order valence-corrected chi connectivity index (χ0v) is 23.7. The zero-order valence-electron chi connectivity index (χ0n) is 20.5. The number of hydrogen-bond donors (Lipinski definition) is 0. The summed E-state index contributed by atoms with van der Waals surface area (Å²) in [6.07, 6.45) is 2.55. The molecule has 0 spiro atoms. The van der Waals surface area contributed by atoms with Crippen molar-refractivity contribution in [2.24, 2.45) is 0 Å². The molecule has 0 fully saturated rings. The van der Waals surface area contributed by atoms with Gasteiger partial charge in [-0.25, -0.2) is 0 Å². The van der Waals surface area contributed by atoms with Crippen molar-refractivity contribution in [1.29, 1.82) is 0 Å². The SMILES string of the molecule is CC(=O)CC(C)=O.CN1[CH-]N2c3[c-]c4c(cc3Sc3cccc1c32)C(C)(C)CCC4(C)C.[Ir]. The van der Waals surface area contributed by atoms with Gasteiger partial charge < -0.3 is 9.80 Å². The van der Waals surface area contributed by atoms with E-state index in [4.69, 9.17) is 0 Å². The molecule has 33 heavy (non-hydrogen) atoms. The number of rotatable bonds is 2. The van der Waals surface area contributed by atoms with Crippen LogP contribution in [0.5, 0.6) is 0 Å². The Morgan fingerprint density at radius 3 is 2.30 bits per heavy atom. The molecule has 0 unspecified atom stereocenters. The van der Waals surface area contributed by atoms with E-state index >= 15 is 0 Å². The van der Waals surface area contributed by atoms with Gasteiger partial charge >= 0.3 is 0 Å². The molecule has 0 amide bonds. The van der Waals surface area contributed by atoms with E-state index in [0.29, 0.717) is 0 Å². The summed E-state index contributed by atoms with van der Waals surface area (Å²) in [6, 6.07) is 12.9. The van der Waals surface area contributed by atoms with Crippen LogP contribution >= 0.6 is 11.8 Å². The van der Waals surface area contributed by atoms with Gasteiger partial charge in [0.15, 0.2) is 0 Å². The first-order chi connectivity index (χ1) is 14.9. The molecule has 2 aromatic carbocycles. The molecule has 2 aliphatic heterocycles. The first-order valence-corrected chi connectivity index (χ1v) is 12.0. The fourth-order valence-electron chi connectivity index (χ4n) is 4.78. The summed E-state index contributed by atoms with van der Waals surface area (Å²) in [4.78, 5) is 27.3. The smallest absolute Gasteiger partial charge is 0.137 e. The Morgan fingerprint density at radius 1 is 1.06 bits per heavy atom. The van der Waals surface area contributed by atoms with Crippen molar-refractivity contribution in [3.63, 3.8) is 0 Å². The maximum atomic E-state index is 10.0. The summed E-state index contributed by atoms with van der Waals surface area (Å²) in [6.45, 7) is 14.5. The molecule has 0 atom stereocenters. The summed E-state index contributed by atoms with van der Waals surface area (Å²) in [5.41, 5.74) is 7.13. The Kier molecular flexibility index (Phi) is 7.25. The van der Waals surface area contributed by atoms with E-state index in [9.17, 15) is 9.59 Å². The second-order valence-electron chi connectivity index (χ2n) is 10.4. The molecule has 179 valence electrons. The Morgan fingerprint density at radius 2 is 1.70 bits per heavy atom. The molecule has 0 saturated carbocycles. The number of benzene rings is 2. The number of hydrogen-bond acceptors (Lipinski definition) is 5. The molecule has 5 rings (SSSR count). The summed E-state index contributed by atoms with van der Waals surface area (Å²) >= 11 is 1.90. The van der Waals surface area contributed by atoms with Crippen LogP contribution in [0.15, 0.2) is 34.1 Å². The Bertz CT molecular complexity index is 1100. The van der Waals surface area contributed by atoms with Gasteiger partial charge in [0.25, 0.3) is 0 Å². The number of fused-ring (bicyclic) bond motifs is 3. The molecule has 4 nitrogen and oxygen atoms in total. The van der Waals surface area contributed by atoms with Gasteiger partial charge in [0.2, 0.25) is 0 Å². The van der Waals surface area contributed by atoms with Gasteiger partial charge in [-0.2, -0.15) is 36.1 Å². The van der Waals surface area contributed by atoms with Crippen molar-refractivity contribution >= 4 is 40.4 Å². The third kappa shape index (κ3) is 4.80. The van der Waals surface area contributed by atoms with Gasteiger partial charge in [-0.3, -0.25) is 9.59 Å². The topological polar surface area (TPSA) is 40.6 Å². The Balaban J connectivity index is 0.000000337. The summed E-state index contributed by atoms with van der Waals surface area (Å²) in [7, 11) is 2.13. The summed E-state index contributed by atoms with van der Waals surface area (Å²) in [5, 5.41) is 0. The van der Waals surface area contributed by atoms with Crippen molar-refractivity contribution in [3.8, 4) is 0 Å². The molecule has 0 N–H and O–H groups in total. The number of para-hydroxylation sites is 1. The fraction of sp³-hybridized carbons (Fsp3) is 0.444. The maximum Gasteiger partial charge on any atom is 0.137 e. The molecule has 0 bridgehead atoms. The van der Waals surface area contributed by atoms with Gasteiger partial charge in [-0.15, -0.1) is 5.56 Å². The average molecular weight is 641 g/mol. The number of carbonyl (C=O) groups is 2. The summed E-state index contributed by atoms with van der Waals surface area (Å²) in [5.74, 6) is -0.125. The number of anilines is 3. The first-order valence-electron chi connectivity index (χ1n) is 11.2. The number of nitrogens with zero attached hydrogens (tertiary/aromatic N) is 2. The van der Waals surface area contributed by atoms with Gasteiger partial charge in [0, 0.05) is 36.4 Å². The average Bonchev–Trinajstić information content (AvgIpc) is 3.03. The predicted molar refractivity (Wildman–Crippen MR) is 132 cm³/mol. The van der Waals surface area contributed by atoms with Crippen molar-refractivity contribution in [1.82, 2.24) is 0 Å². The number of ketones is 2. The van der Waals surface area contributed by atoms with E-state index in [1.54, 1.807) is 0 Å². The van der Waals surface area contributed by atoms with E-state index in [1.807, 2.05) is 11.8 Å². The molecule has 2 aromatic rings. The predicted octanol–water partition coefficient (Wildman–Crippen LogP) is 6.56.